The molecule has 2 atom stereocenters. The van der Waals surface area contributed by atoms with Gasteiger partial charge in [-0.1, -0.05) is 55.8 Å². The first-order valence-electron chi connectivity index (χ1n) is 23.4. The maximum Gasteiger partial charge on any atom is 0.501 e. The quantitative estimate of drug-likeness (QED) is 0.104. The van der Waals surface area contributed by atoms with Gasteiger partial charge in [0, 0.05) is 85.2 Å². The van der Waals surface area contributed by atoms with E-state index < -0.39 is 41.2 Å². The molecule has 2 fully saturated rings. The number of rotatable bonds is 16. The lowest BCUT2D eigenvalue weighted by atomic mass is 9.71. The summed E-state index contributed by atoms with van der Waals surface area (Å²) in [4.78, 5) is 15.1. The van der Waals surface area contributed by atoms with Gasteiger partial charge in [-0.25, -0.2) is 26.8 Å². The van der Waals surface area contributed by atoms with Gasteiger partial charge in [-0.2, -0.15) is 13.2 Å². The lowest BCUT2D eigenvalue weighted by Gasteiger charge is -2.44. The van der Waals surface area contributed by atoms with Crippen molar-refractivity contribution in [3.63, 3.8) is 0 Å². The molecule has 12 nitrogen and oxygen atoms in total. The van der Waals surface area contributed by atoms with E-state index in [9.17, 15) is 30.0 Å². The molecule has 19 heteroatoms. The monoisotopic (exact) mass is 1020 g/mol. The van der Waals surface area contributed by atoms with E-state index in [1.807, 2.05) is 42.5 Å². The van der Waals surface area contributed by atoms with Crippen LogP contribution >= 0.6 is 23.4 Å². The first-order valence-corrected chi connectivity index (χ1v) is 27.7. The zero-order chi connectivity index (χ0) is 48.3. The van der Waals surface area contributed by atoms with Gasteiger partial charge in [-0.05, 0) is 116 Å². The van der Waals surface area contributed by atoms with Crippen LogP contribution in [0, 0.1) is 5.41 Å². The Morgan fingerprint density at radius 3 is 2.35 bits per heavy atom. The number of sulfonamides is 1. The molecule has 4 aliphatic rings. The van der Waals surface area contributed by atoms with Gasteiger partial charge in [-0.3, -0.25) is 19.4 Å². The molecular weight excluding hydrogens is 955 g/mol. The standard InChI is InChI=1S/C49H61ClF3N7O5S3/c1-34(41-15-20-48(2,3)30-43(41)35-9-11-36(50)12-10-35)59-22-17-38(18-23-59)60-24-19-42-45(31-60)54-33-55-47(42)57-68(63,64)40-13-14-44(46(29-40)67(61,62)49(51,52)53)56-37(16-21-58-25-27-65-28-26-58)32-66-39-7-5-4-6-8-39/h4-14,29,33-34,37-38,56H,15-28,30-32H2,1-3H3,(H,54,55,57)/t34-,37-/m1/s1. The lowest BCUT2D eigenvalue weighted by Crippen LogP contribution is -2.49. The Bertz CT molecular complexity index is 2650. The van der Waals surface area contributed by atoms with Crippen LogP contribution in [0.1, 0.15) is 76.1 Å². The summed E-state index contributed by atoms with van der Waals surface area (Å²) in [5.74, 6) is 0.419. The second kappa shape index (κ2) is 21.3. The molecule has 0 bridgehead atoms. The number of ether oxygens (including phenoxy) is 1. The fourth-order valence-corrected chi connectivity index (χ4v) is 13.2. The summed E-state index contributed by atoms with van der Waals surface area (Å²) in [5.41, 5.74) is -0.361. The number of anilines is 2. The van der Waals surface area contributed by atoms with E-state index >= 15 is 0 Å². The van der Waals surface area contributed by atoms with Crippen LogP contribution in [-0.2, 0) is 37.6 Å². The van der Waals surface area contributed by atoms with Crippen molar-refractivity contribution >= 4 is 60.3 Å². The number of morpholine rings is 1. The summed E-state index contributed by atoms with van der Waals surface area (Å²) in [6, 6.07) is 20.6. The van der Waals surface area contributed by atoms with E-state index in [1.54, 1.807) is 0 Å². The largest absolute Gasteiger partial charge is 0.501 e. The second-order valence-corrected chi connectivity index (χ2v) is 24.2. The van der Waals surface area contributed by atoms with Crippen molar-refractivity contribution in [2.45, 2.75) is 111 Å². The molecule has 1 aliphatic carbocycles. The number of likely N-dealkylation sites (tertiary alicyclic amines) is 1. The van der Waals surface area contributed by atoms with Crippen LogP contribution < -0.4 is 10.0 Å². The van der Waals surface area contributed by atoms with E-state index in [1.165, 1.54) is 34.8 Å². The number of nitrogens with one attached hydrogen (secondary N) is 2. The number of benzene rings is 3. The second-order valence-electron chi connectivity index (χ2n) is 19.1. The Morgan fingerprint density at radius 1 is 0.926 bits per heavy atom. The van der Waals surface area contributed by atoms with E-state index in [0.717, 1.165) is 67.2 Å². The molecule has 4 aromatic rings. The molecule has 2 saturated heterocycles. The van der Waals surface area contributed by atoms with Crippen LogP contribution in [0.15, 0.2) is 99.4 Å². The molecule has 0 saturated carbocycles. The summed E-state index contributed by atoms with van der Waals surface area (Å²) in [6.07, 6.45) is 7.36. The van der Waals surface area contributed by atoms with Gasteiger partial charge < -0.3 is 10.1 Å². The first kappa shape index (κ1) is 50.6. The average molecular weight is 1020 g/mol. The minimum absolute atomic E-state index is 0.0160. The van der Waals surface area contributed by atoms with Crippen molar-refractivity contribution in [1.82, 2.24) is 24.7 Å². The van der Waals surface area contributed by atoms with Crippen LogP contribution in [0.2, 0.25) is 5.02 Å². The smallest absolute Gasteiger partial charge is 0.380 e. The Morgan fingerprint density at radius 2 is 1.65 bits per heavy atom. The van der Waals surface area contributed by atoms with Crippen LogP contribution in [0.4, 0.5) is 24.7 Å². The lowest BCUT2D eigenvalue weighted by molar-refractivity contribution is -0.0435. The topological polar surface area (TPSA) is 137 Å². The number of alkyl halides is 3. The molecule has 0 spiro atoms. The molecular formula is C49H61ClF3N7O5S3. The molecule has 4 heterocycles. The van der Waals surface area contributed by atoms with Gasteiger partial charge in [0.2, 0.25) is 0 Å². The van der Waals surface area contributed by atoms with Crippen LogP contribution in [0.3, 0.4) is 0 Å². The Balaban J connectivity index is 0.958. The van der Waals surface area contributed by atoms with E-state index in [-0.39, 0.29) is 16.9 Å². The van der Waals surface area contributed by atoms with Gasteiger partial charge in [0.15, 0.2) is 0 Å². The fourth-order valence-electron chi connectivity index (χ4n) is 9.95. The van der Waals surface area contributed by atoms with Gasteiger partial charge in [0.05, 0.1) is 29.5 Å². The number of thioether (sulfide) groups is 1. The number of fused-ring (bicyclic) bond motifs is 1. The normalized spacial score (nSPS) is 20.2. The molecule has 1 aromatic heterocycles. The van der Waals surface area contributed by atoms with Crippen LogP contribution in [0.25, 0.3) is 5.57 Å². The fraction of sp³-hybridized carbons (Fsp3) is 0.510. The van der Waals surface area contributed by atoms with Crippen molar-refractivity contribution in [2.24, 2.45) is 5.41 Å². The number of piperidine rings is 1. The minimum atomic E-state index is -6.01. The maximum atomic E-state index is 14.3. The number of nitrogens with zero attached hydrogens (tertiary/aromatic N) is 5. The zero-order valence-electron chi connectivity index (χ0n) is 38.8. The summed E-state index contributed by atoms with van der Waals surface area (Å²) in [7, 11) is -10.6. The van der Waals surface area contributed by atoms with Crippen molar-refractivity contribution in [3.8, 4) is 0 Å². The Labute approximate surface area is 408 Å². The van der Waals surface area contributed by atoms with Crippen LogP contribution in [-0.4, -0.2) is 123 Å². The predicted octanol–water partition coefficient (Wildman–Crippen LogP) is 9.39. The highest BCUT2D eigenvalue weighted by molar-refractivity contribution is 7.99. The number of halogens is 4. The van der Waals surface area contributed by atoms with E-state index in [2.05, 4.69) is 67.6 Å². The van der Waals surface area contributed by atoms with E-state index in [0.29, 0.717) is 93.9 Å². The molecule has 3 aliphatic heterocycles. The highest BCUT2D eigenvalue weighted by atomic mass is 35.5. The Hall–Kier alpha value is -3.75. The minimum Gasteiger partial charge on any atom is -0.380 e. The number of aromatic nitrogens is 2. The van der Waals surface area contributed by atoms with Crippen molar-refractivity contribution < 1.29 is 34.7 Å². The molecule has 2 N–H and O–H groups in total. The summed E-state index contributed by atoms with van der Waals surface area (Å²) >= 11 is 7.74. The van der Waals surface area contributed by atoms with Crippen molar-refractivity contribution in [1.29, 1.82) is 0 Å². The van der Waals surface area contributed by atoms with Gasteiger partial charge in [-0.15, -0.1) is 11.8 Å². The van der Waals surface area contributed by atoms with Gasteiger partial charge in [0.25, 0.3) is 19.9 Å². The first-order chi connectivity index (χ1) is 32.4. The van der Waals surface area contributed by atoms with Crippen molar-refractivity contribution in [2.75, 3.05) is 68.3 Å². The predicted molar refractivity (Wildman–Crippen MR) is 263 cm³/mol. The van der Waals surface area contributed by atoms with Crippen LogP contribution in [0.5, 0.6) is 0 Å². The van der Waals surface area contributed by atoms with Gasteiger partial charge in [0.1, 0.15) is 17.0 Å². The molecule has 68 heavy (non-hydrogen) atoms. The molecule has 3 aromatic carbocycles. The third-order valence-electron chi connectivity index (χ3n) is 14.0. The van der Waals surface area contributed by atoms with Gasteiger partial charge >= 0.3 is 5.51 Å². The summed E-state index contributed by atoms with van der Waals surface area (Å²) < 4.78 is 105. The zero-order valence-corrected chi connectivity index (χ0v) is 42.0. The maximum absolute atomic E-state index is 14.3. The highest BCUT2D eigenvalue weighted by Gasteiger charge is 2.48. The molecule has 368 valence electrons. The average Bonchev–Trinajstić information content (AvgIpc) is 3.32. The number of sulfone groups is 1. The molecule has 0 amide bonds. The number of allylic oxidation sites excluding steroid dienone is 1. The SMILES string of the molecule is C[C@H](C1=C(c2ccc(Cl)cc2)CC(C)(C)CC1)N1CCC(N2CCc3c(ncnc3NS(=O)(=O)c3ccc(N[C@H](CCN4CCOCC4)CSc4ccccc4)c(S(=O)(=O)C(F)(F)F)c3)C2)CC1. The number of hydrogen-bond acceptors (Lipinski definition) is 12. The number of hydrogen-bond donors (Lipinski definition) is 2. The summed E-state index contributed by atoms with van der Waals surface area (Å²) in [5, 5.41) is 3.80. The molecule has 0 unspecified atom stereocenters. The third kappa shape index (κ3) is 12.0. The Kier molecular flexibility index (Phi) is 15.9. The third-order valence-corrected chi connectivity index (χ3v) is 18.2. The highest BCUT2D eigenvalue weighted by Crippen LogP contribution is 2.45. The van der Waals surface area contributed by atoms with Crippen molar-refractivity contribution in [3.05, 3.63) is 107 Å². The van der Waals surface area contributed by atoms with E-state index in [4.69, 9.17) is 16.3 Å². The molecule has 0 radical (unpaired) electrons. The summed E-state index contributed by atoms with van der Waals surface area (Å²) in [6.45, 7) is 13.1. The molecule has 8 rings (SSSR count).